The molecule has 0 unspecified atom stereocenters. The Morgan fingerprint density at radius 2 is 1.15 bits per heavy atom. The molecule has 1 rings (SSSR count). The van der Waals surface area contributed by atoms with Gasteiger partial charge in [-0.3, -0.25) is 9.59 Å². The van der Waals surface area contributed by atoms with Gasteiger partial charge in [-0.15, -0.1) is 0 Å². The molecular weight excluding hydrogens is 252 g/mol. The number of rotatable bonds is 8. The van der Waals surface area contributed by atoms with Crippen molar-refractivity contribution < 1.29 is 9.59 Å². The van der Waals surface area contributed by atoms with Crippen molar-refractivity contribution in [3.05, 3.63) is 35.4 Å². The lowest BCUT2D eigenvalue weighted by Crippen LogP contribution is -2.26. The van der Waals surface area contributed by atoms with Crippen molar-refractivity contribution in [3.8, 4) is 0 Å². The molecule has 2 amide bonds. The number of carbonyl (C=O) groups is 2. The predicted octanol–water partition coefficient (Wildman–Crippen LogP) is 1.82. The van der Waals surface area contributed by atoms with Crippen LogP contribution in [0.5, 0.6) is 0 Å². The smallest absolute Gasteiger partial charge is 0.224 e. The van der Waals surface area contributed by atoms with Crippen LogP contribution in [0, 0.1) is 0 Å². The Morgan fingerprint density at radius 1 is 0.800 bits per heavy atom. The molecule has 4 heteroatoms. The minimum Gasteiger partial charge on any atom is -0.356 e. The van der Waals surface area contributed by atoms with E-state index in [0.29, 0.717) is 25.9 Å². The van der Waals surface area contributed by atoms with Gasteiger partial charge in [-0.2, -0.15) is 0 Å². The zero-order chi connectivity index (χ0) is 14.8. The van der Waals surface area contributed by atoms with Crippen LogP contribution in [0.25, 0.3) is 0 Å². The van der Waals surface area contributed by atoms with Crippen molar-refractivity contribution in [1.29, 1.82) is 0 Å². The lowest BCUT2D eigenvalue weighted by Gasteiger charge is -2.06. The second-order valence-electron chi connectivity index (χ2n) is 4.87. The van der Waals surface area contributed by atoms with Crippen molar-refractivity contribution in [3.63, 3.8) is 0 Å². The minimum absolute atomic E-state index is 0.0419. The number of nitrogens with one attached hydrogen (secondary N) is 2. The van der Waals surface area contributed by atoms with Crippen LogP contribution in [0.3, 0.4) is 0 Å². The molecule has 0 saturated heterocycles. The summed E-state index contributed by atoms with van der Waals surface area (Å²) in [6.45, 7) is 5.49. The highest BCUT2D eigenvalue weighted by molar-refractivity contribution is 5.79. The number of carbonyl (C=O) groups excluding carboxylic acids is 2. The third-order valence-electron chi connectivity index (χ3n) is 2.90. The highest BCUT2D eigenvalue weighted by atomic mass is 16.2. The normalized spacial score (nSPS) is 10.1. The molecule has 0 aliphatic rings. The molecule has 0 aliphatic heterocycles. The van der Waals surface area contributed by atoms with Crippen LogP contribution in [-0.4, -0.2) is 24.9 Å². The zero-order valence-corrected chi connectivity index (χ0v) is 12.4. The van der Waals surface area contributed by atoms with Gasteiger partial charge in [0.2, 0.25) is 11.8 Å². The van der Waals surface area contributed by atoms with Crippen LogP contribution in [0.2, 0.25) is 0 Å². The molecule has 4 nitrogen and oxygen atoms in total. The minimum atomic E-state index is 0.0419. The van der Waals surface area contributed by atoms with Gasteiger partial charge in [0.1, 0.15) is 0 Å². The van der Waals surface area contributed by atoms with E-state index >= 15 is 0 Å². The van der Waals surface area contributed by atoms with Gasteiger partial charge in [-0.05, 0) is 24.0 Å². The highest BCUT2D eigenvalue weighted by Crippen LogP contribution is 2.06. The van der Waals surface area contributed by atoms with Crippen molar-refractivity contribution in [2.24, 2.45) is 0 Å². The molecule has 0 bridgehead atoms. The summed E-state index contributed by atoms with van der Waals surface area (Å²) in [6, 6.07) is 7.64. The van der Waals surface area contributed by atoms with E-state index in [1.165, 1.54) is 0 Å². The molecule has 0 saturated carbocycles. The first-order valence-corrected chi connectivity index (χ1v) is 7.27. The lowest BCUT2D eigenvalue weighted by molar-refractivity contribution is -0.121. The summed E-state index contributed by atoms with van der Waals surface area (Å²) in [5.41, 5.74) is 1.94. The molecule has 1 aromatic carbocycles. The molecule has 0 aromatic heterocycles. The van der Waals surface area contributed by atoms with Crippen LogP contribution in [-0.2, 0) is 22.4 Å². The summed E-state index contributed by atoms with van der Waals surface area (Å²) in [5.74, 6) is 0.0839. The van der Waals surface area contributed by atoms with Crippen molar-refractivity contribution in [2.75, 3.05) is 13.1 Å². The maximum Gasteiger partial charge on any atom is 0.224 e. The maximum absolute atomic E-state index is 11.6. The Kier molecular flexibility index (Phi) is 7.40. The van der Waals surface area contributed by atoms with Gasteiger partial charge in [-0.1, -0.05) is 38.1 Å². The number of amides is 2. The van der Waals surface area contributed by atoms with Crippen LogP contribution < -0.4 is 10.6 Å². The molecular formula is C16H24N2O2. The maximum atomic E-state index is 11.6. The van der Waals surface area contributed by atoms with Gasteiger partial charge < -0.3 is 10.6 Å². The van der Waals surface area contributed by atoms with Crippen LogP contribution in [0.1, 0.15) is 37.8 Å². The van der Waals surface area contributed by atoms with Gasteiger partial charge in [0.15, 0.2) is 0 Å². The monoisotopic (exact) mass is 276 g/mol. The highest BCUT2D eigenvalue weighted by Gasteiger charge is 2.05. The van der Waals surface area contributed by atoms with Crippen molar-refractivity contribution in [2.45, 2.75) is 39.5 Å². The van der Waals surface area contributed by atoms with E-state index in [0.717, 1.165) is 24.0 Å². The van der Waals surface area contributed by atoms with Gasteiger partial charge in [0.25, 0.3) is 0 Å². The van der Waals surface area contributed by atoms with Gasteiger partial charge in [-0.25, -0.2) is 0 Å². The van der Waals surface area contributed by atoms with Crippen LogP contribution in [0.4, 0.5) is 0 Å². The number of benzene rings is 1. The summed E-state index contributed by atoms with van der Waals surface area (Å²) >= 11 is 0. The molecule has 110 valence electrons. The van der Waals surface area contributed by atoms with E-state index in [4.69, 9.17) is 0 Å². The average molecular weight is 276 g/mol. The van der Waals surface area contributed by atoms with E-state index < -0.39 is 0 Å². The molecule has 0 aliphatic carbocycles. The largest absolute Gasteiger partial charge is 0.356 e. The summed E-state index contributed by atoms with van der Waals surface area (Å²) in [7, 11) is 0. The van der Waals surface area contributed by atoms with Crippen molar-refractivity contribution >= 4 is 11.8 Å². The fourth-order valence-corrected chi connectivity index (χ4v) is 1.80. The lowest BCUT2D eigenvalue weighted by atomic mass is 10.1. The van der Waals surface area contributed by atoms with E-state index in [-0.39, 0.29) is 11.8 Å². The van der Waals surface area contributed by atoms with E-state index in [1.807, 2.05) is 38.1 Å². The molecule has 0 spiro atoms. The first-order chi connectivity index (χ1) is 9.65. The molecule has 20 heavy (non-hydrogen) atoms. The fraction of sp³-hybridized carbons (Fsp3) is 0.500. The molecule has 0 heterocycles. The van der Waals surface area contributed by atoms with E-state index in [2.05, 4.69) is 10.6 Å². The Hall–Kier alpha value is -1.84. The van der Waals surface area contributed by atoms with Gasteiger partial charge in [0.05, 0.1) is 12.8 Å². The van der Waals surface area contributed by atoms with E-state index in [1.54, 1.807) is 0 Å². The number of hydrogen-bond acceptors (Lipinski definition) is 2. The van der Waals surface area contributed by atoms with Crippen LogP contribution >= 0.6 is 0 Å². The fourth-order valence-electron chi connectivity index (χ4n) is 1.80. The first kappa shape index (κ1) is 16.2. The Labute approximate surface area is 121 Å². The second kappa shape index (κ2) is 9.13. The third-order valence-corrected chi connectivity index (χ3v) is 2.90. The summed E-state index contributed by atoms with van der Waals surface area (Å²) < 4.78 is 0. The first-order valence-electron chi connectivity index (χ1n) is 7.27. The van der Waals surface area contributed by atoms with Gasteiger partial charge >= 0.3 is 0 Å². The SMILES string of the molecule is CCCNC(=O)Cc1ccc(CC(=O)NCCC)cc1. The summed E-state index contributed by atoms with van der Waals surface area (Å²) in [6.07, 6.45) is 2.67. The Bertz CT molecular complexity index is 386. The molecule has 0 radical (unpaired) electrons. The Balaban J connectivity index is 2.43. The molecule has 2 N–H and O–H groups in total. The zero-order valence-electron chi connectivity index (χ0n) is 12.4. The molecule has 0 fully saturated rings. The Morgan fingerprint density at radius 3 is 1.45 bits per heavy atom. The standard InChI is InChI=1S/C16H24N2O2/c1-3-9-17-15(19)11-13-5-7-14(8-6-13)12-16(20)18-10-4-2/h5-8H,3-4,9-12H2,1-2H3,(H,17,19)(H,18,20). The predicted molar refractivity (Wildman–Crippen MR) is 80.5 cm³/mol. The van der Waals surface area contributed by atoms with Crippen LogP contribution in [0.15, 0.2) is 24.3 Å². The summed E-state index contributed by atoms with van der Waals surface area (Å²) in [5, 5.41) is 5.70. The summed E-state index contributed by atoms with van der Waals surface area (Å²) in [4.78, 5) is 23.2. The van der Waals surface area contributed by atoms with E-state index in [9.17, 15) is 9.59 Å². The number of hydrogen-bond donors (Lipinski definition) is 2. The van der Waals surface area contributed by atoms with Crippen molar-refractivity contribution in [1.82, 2.24) is 10.6 Å². The third kappa shape index (κ3) is 6.36. The topological polar surface area (TPSA) is 58.2 Å². The molecule has 1 aromatic rings. The van der Waals surface area contributed by atoms with Gasteiger partial charge in [0, 0.05) is 13.1 Å². The molecule has 0 atom stereocenters. The quantitative estimate of drug-likeness (QED) is 0.761. The second-order valence-corrected chi connectivity index (χ2v) is 4.87. The average Bonchev–Trinajstić information content (AvgIpc) is 2.45.